The molecule has 72 valence electrons. The van der Waals surface area contributed by atoms with Gasteiger partial charge in [0, 0.05) is 18.4 Å². The smallest absolute Gasteiger partial charge is 0.378 e. The Morgan fingerprint density at radius 2 is 2.08 bits per heavy atom. The molecule has 0 spiro atoms. The van der Waals surface area contributed by atoms with E-state index in [-0.39, 0.29) is 11.8 Å². The van der Waals surface area contributed by atoms with Gasteiger partial charge in [-0.3, -0.25) is 0 Å². The summed E-state index contributed by atoms with van der Waals surface area (Å²) in [6, 6.07) is 0. The van der Waals surface area contributed by atoms with Gasteiger partial charge in [-0.25, -0.2) is 0 Å². The number of hydrogen-bond acceptors (Lipinski definition) is 1. The summed E-state index contributed by atoms with van der Waals surface area (Å²) in [6.07, 6.45) is -5.09. The van der Waals surface area contributed by atoms with E-state index in [0.29, 0.717) is 13.0 Å². The van der Waals surface area contributed by atoms with Crippen LogP contribution in [0, 0.1) is 5.92 Å². The third kappa shape index (κ3) is 2.83. The first-order chi connectivity index (χ1) is 5.53. The van der Waals surface area contributed by atoms with E-state index in [4.69, 9.17) is 16.3 Å². The maximum Gasteiger partial charge on any atom is 0.391 e. The van der Waals surface area contributed by atoms with Gasteiger partial charge in [0.2, 0.25) is 0 Å². The molecule has 1 saturated heterocycles. The van der Waals surface area contributed by atoms with Crippen LogP contribution in [0.25, 0.3) is 0 Å². The first-order valence-corrected chi connectivity index (χ1v) is 4.30. The first kappa shape index (κ1) is 10.1. The zero-order valence-electron chi connectivity index (χ0n) is 6.40. The minimum absolute atomic E-state index is 0.131. The van der Waals surface area contributed by atoms with E-state index in [1.807, 2.05) is 0 Å². The molecule has 1 aliphatic heterocycles. The van der Waals surface area contributed by atoms with Crippen molar-refractivity contribution in [3.05, 3.63) is 0 Å². The predicted octanol–water partition coefficient (Wildman–Crippen LogP) is 2.58. The van der Waals surface area contributed by atoms with Crippen LogP contribution in [-0.2, 0) is 4.74 Å². The molecule has 0 amide bonds. The molecule has 0 radical (unpaired) electrons. The number of halogens is 4. The molecule has 2 atom stereocenters. The molecule has 0 aliphatic carbocycles. The van der Waals surface area contributed by atoms with Gasteiger partial charge in [0.25, 0.3) is 0 Å². The van der Waals surface area contributed by atoms with E-state index in [1.54, 1.807) is 0 Å². The van der Waals surface area contributed by atoms with Gasteiger partial charge >= 0.3 is 6.18 Å². The summed E-state index contributed by atoms with van der Waals surface area (Å²) >= 11 is 5.48. The maximum atomic E-state index is 11.9. The average Bonchev–Trinajstić information content (AvgIpc) is 2.31. The van der Waals surface area contributed by atoms with Crippen molar-refractivity contribution < 1.29 is 17.9 Å². The van der Waals surface area contributed by atoms with Crippen molar-refractivity contribution in [2.75, 3.05) is 12.5 Å². The molecule has 0 aromatic heterocycles. The van der Waals surface area contributed by atoms with E-state index in [1.165, 1.54) is 0 Å². The van der Waals surface area contributed by atoms with Gasteiger partial charge in [-0.05, 0) is 6.42 Å². The Labute approximate surface area is 73.8 Å². The van der Waals surface area contributed by atoms with E-state index in [2.05, 4.69) is 0 Å². The molecule has 1 aliphatic rings. The fraction of sp³-hybridized carbons (Fsp3) is 1.00. The third-order valence-electron chi connectivity index (χ3n) is 1.98. The maximum absolute atomic E-state index is 11.9. The summed E-state index contributed by atoms with van der Waals surface area (Å²) in [7, 11) is 0. The quantitative estimate of drug-likeness (QED) is 0.626. The average molecular weight is 203 g/mol. The van der Waals surface area contributed by atoms with Crippen LogP contribution in [0.5, 0.6) is 0 Å². The lowest BCUT2D eigenvalue weighted by Crippen LogP contribution is -2.25. The van der Waals surface area contributed by atoms with Crippen molar-refractivity contribution in [2.24, 2.45) is 5.92 Å². The van der Waals surface area contributed by atoms with Gasteiger partial charge in [0.1, 0.15) is 0 Å². The van der Waals surface area contributed by atoms with Gasteiger partial charge in [-0.15, -0.1) is 11.6 Å². The lowest BCUT2D eigenvalue weighted by molar-refractivity contribution is -0.158. The van der Waals surface area contributed by atoms with Crippen LogP contribution in [0.4, 0.5) is 13.2 Å². The second kappa shape index (κ2) is 3.83. The highest BCUT2D eigenvalue weighted by molar-refractivity contribution is 6.18. The fourth-order valence-electron chi connectivity index (χ4n) is 1.32. The molecule has 12 heavy (non-hydrogen) atoms. The normalized spacial score (nSPS) is 31.0. The monoisotopic (exact) mass is 202 g/mol. The summed E-state index contributed by atoms with van der Waals surface area (Å²) in [5, 5.41) is 0. The summed E-state index contributed by atoms with van der Waals surface area (Å²) < 4.78 is 40.6. The molecular weight excluding hydrogens is 193 g/mol. The van der Waals surface area contributed by atoms with Crippen LogP contribution in [0.3, 0.4) is 0 Å². The zero-order chi connectivity index (χ0) is 9.19. The van der Waals surface area contributed by atoms with E-state index >= 15 is 0 Å². The van der Waals surface area contributed by atoms with E-state index in [9.17, 15) is 13.2 Å². The molecule has 5 heteroatoms. The summed E-state index contributed by atoms with van der Waals surface area (Å²) in [4.78, 5) is 0. The van der Waals surface area contributed by atoms with Crippen molar-refractivity contribution in [3.8, 4) is 0 Å². The molecule has 1 fully saturated rings. The Morgan fingerprint density at radius 3 is 2.58 bits per heavy atom. The molecule has 0 saturated carbocycles. The van der Waals surface area contributed by atoms with Gasteiger partial charge < -0.3 is 4.74 Å². The Hall–Kier alpha value is 0.0400. The molecule has 1 heterocycles. The number of rotatable bonds is 2. The van der Waals surface area contributed by atoms with Crippen LogP contribution >= 0.6 is 11.6 Å². The number of hydrogen-bond donors (Lipinski definition) is 0. The molecule has 1 nitrogen and oxygen atoms in total. The van der Waals surface area contributed by atoms with Gasteiger partial charge in [-0.2, -0.15) is 13.2 Å². The standard InChI is InChI=1S/C7H10ClF3O/c8-4-5-1-2-12-6(5)3-7(9,10)11/h5-6H,1-4H2. The second-order valence-electron chi connectivity index (χ2n) is 2.93. The zero-order valence-corrected chi connectivity index (χ0v) is 7.16. The predicted molar refractivity (Wildman–Crippen MR) is 39.2 cm³/mol. The third-order valence-corrected chi connectivity index (χ3v) is 2.37. The van der Waals surface area contributed by atoms with Crippen molar-refractivity contribution in [2.45, 2.75) is 25.1 Å². The summed E-state index contributed by atoms with van der Waals surface area (Å²) in [5.74, 6) is 0.120. The number of ether oxygens (including phenoxy) is 1. The highest BCUT2D eigenvalue weighted by Crippen LogP contribution is 2.32. The first-order valence-electron chi connectivity index (χ1n) is 3.77. The van der Waals surface area contributed by atoms with Gasteiger partial charge in [0.15, 0.2) is 0 Å². The Morgan fingerprint density at radius 1 is 1.42 bits per heavy atom. The minimum Gasteiger partial charge on any atom is -0.378 e. The topological polar surface area (TPSA) is 9.23 Å². The lowest BCUT2D eigenvalue weighted by Gasteiger charge is -2.17. The van der Waals surface area contributed by atoms with Crippen LogP contribution in [0.2, 0.25) is 0 Å². The number of alkyl halides is 4. The van der Waals surface area contributed by atoms with E-state index < -0.39 is 18.7 Å². The molecular formula is C7H10ClF3O. The Kier molecular flexibility index (Phi) is 3.23. The second-order valence-corrected chi connectivity index (χ2v) is 3.24. The van der Waals surface area contributed by atoms with E-state index in [0.717, 1.165) is 0 Å². The van der Waals surface area contributed by atoms with Gasteiger partial charge in [0.05, 0.1) is 12.5 Å². The van der Waals surface area contributed by atoms with Crippen molar-refractivity contribution in [3.63, 3.8) is 0 Å². The van der Waals surface area contributed by atoms with Crippen molar-refractivity contribution in [1.29, 1.82) is 0 Å². The Bertz CT molecular complexity index is 148. The highest BCUT2D eigenvalue weighted by atomic mass is 35.5. The van der Waals surface area contributed by atoms with Crippen molar-refractivity contribution in [1.82, 2.24) is 0 Å². The van der Waals surface area contributed by atoms with Crippen LogP contribution < -0.4 is 0 Å². The summed E-state index contributed by atoms with van der Waals surface area (Å²) in [5.41, 5.74) is 0. The highest BCUT2D eigenvalue weighted by Gasteiger charge is 2.38. The molecule has 0 N–H and O–H groups in total. The molecule has 0 aromatic rings. The lowest BCUT2D eigenvalue weighted by atomic mass is 10.0. The summed E-state index contributed by atoms with van der Waals surface area (Å²) in [6.45, 7) is 0.401. The molecule has 0 bridgehead atoms. The van der Waals surface area contributed by atoms with Gasteiger partial charge in [-0.1, -0.05) is 0 Å². The molecule has 2 unspecified atom stereocenters. The SMILES string of the molecule is FC(F)(F)CC1OCCC1CCl. The van der Waals surface area contributed by atoms with Crippen molar-refractivity contribution >= 4 is 11.6 Å². The molecule has 1 rings (SSSR count). The Balaban J connectivity index is 2.41. The van der Waals surface area contributed by atoms with Crippen LogP contribution in [0.1, 0.15) is 12.8 Å². The fourth-order valence-corrected chi connectivity index (χ4v) is 1.68. The van der Waals surface area contributed by atoms with Crippen LogP contribution in [0.15, 0.2) is 0 Å². The van der Waals surface area contributed by atoms with Crippen LogP contribution in [-0.4, -0.2) is 24.8 Å². The largest absolute Gasteiger partial charge is 0.391 e. The minimum atomic E-state index is -4.14. The molecule has 0 aromatic carbocycles.